The lowest BCUT2D eigenvalue weighted by atomic mass is 10.3. The van der Waals surface area contributed by atoms with Crippen LogP contribution in [-0.4, -0.2) is 66.9 Å². The first-order valence-electron chi connectivity index (χ1n) is 9.67. The highest BCUT2D eigenvalue weighted by Gasteiger charge is 2.27. The summed E-state index contributed by atoms with van der Waals surface area (Å²) in [5.41, 5.74) is 0.385. The fourth-order valence-corrected chi connectivity index (χ4v) is 5.40. The van der Waals surface area contributed by atoms with Gasteiger partial charge in [0.25, 0.3) is 5.69 Å². The van der Waals surface area contributed by atoms with Crippen molar-refractivity contribution < 1.29 is 18.1 Å². The second-order valence-electron chi connectivity index (χ2n) is 7.24. The van der Waals surface area contributed by atoms with Crippen molar-refractivity contribution in [2.45, 2.75) is 22.0 Å². The minimum absolute atomic E-state index is 0.0140. The van der Waals surface area contributed by atoms with Crippen molar-refractivity contribution >= 4 is 39.1 Å². The van der Waals surface area contributed by atoms with Crippen LogP contribution in [0.1, 0.15) is 6.92 Å². The van der Waals surface area contributed by atoms with Crippen molar-refractivity contribution in [1.29, 1.82) is 0 Å². The molecule has 1 atom stereocenters. The summed E-state index contributed by atoms with van der Waals surface area (Å²) in [6, 6.07) is 12.2. The van der Waals surface area contributed by atoms with Gasteiger partial charge in [0.1, 0.15) is 0 Å². The smallest absolute Gasteiger partial charge is 0.269 e. The Balaban J connectivity index is 1.65. The predicted octanol–water partition coefficient (Wildman–Crippen LogP) is 2.65. The third-order valence-electron chi connectivity index (χ3n) is 4.93. The zero-order valence-corrected chi connectivity index (χ0v) is 18.9. The number of likely N-dealkylation sites (N-methyl/N-ethyl adjacent to an activating group) is 1. The van der Waals surface area contributed by atoms with E-state index in [0.29, 0.717) is 31.9 Å². The molecule has 0 spiro atoms. The zero-order valence-electron chi connectivity index (χ0n) is 17.2. The molecule has 2 aromatic carbocycles. The minimum atomic E-state index is -3.63. The largest absolute Gasteiger partial charge is 0.325 e. The molecule has 0 aliphatic carbocycles. The van der Waals surface area contributed by atoms with Gasteiger partial charge in [-0.2, -0.15) is 4.31 Å². The van der Waals surface area contributed by atoms with Crippen LogP contribution in [0.3, 0.4) is 0 Å². The fraction of sp³-hybridized carbons (Fsp3) is 0.350. The fourth-order valence-electron chi connectivity index (χ4n) is 3.06. The Bertz CT molecular complexity index is 1050. The van der Waals surface area contributed by atoms with Gasteiger partial charge < -0.3 is 10.2 Å². The molecular formula is C20H24N4O5S2. The van der Waals surface area contributed by atoms with E-state index >= 15 is 0 Å². The van der Waals surface area contributed by atoms with Crippen molar-refractivity contribution in [2.24, 2.45) is 0 Å². The molecule has 1 amide bonds. The van der Waals surface area contributed by atoms with Gasteiger partial charge in [0.2, 0.25) is 15.9 Å². The highest BCUT2D eigenvalue weighted by Crippen LogP contribution is 2.27. The minimum Gasteiger partial charge on any atom is -0.325 e. The van der Waals surface area contributed by atoms with Gasteiger partial charge in [-0.1, -0.05) is 6.07 Å². The number of hydrogen-bond donors (Lipinski definition) is 1. The van der Waals surface area contributed by atoms with Gasteiger partial charge >= 0.3 is 0 Å². The molecular weight excluding hydrogens is 440 g/mol. The lowest BCUT2D eigenvalue weighted by Gasteiger charge is -2.31. The first kappa shape index (κ1) is 23.2. The SMILES string of the molecule is CC(Sc1ccc([N+](=O)[O-])cc1)C(=O)Nc1cccc(S(=O)(=O)N2CCN(C)CC2)c1. The van der Waals surface area contributed by atoms with Crippen molar-refractivity contribution in [3.63, 3.8) is 0 Å². The number of sulfonamides is 1. The average Bonchev–Trinajstić information content (AvgIpc) is 2.74. The van der Waals surface area contributed by atoms with E-state index in [1.807, 2.05) is 7.05 Å². The molecule has 1 aliphatic rings. The van der Waals surface area contributed by atoms with E-state index in [-0.39, 0.29) is 16.5 Å². The molecule has 3 rings (SSSR count). The molecule has 0 bridgehead atoms. The van der Waals surface area contributed by atoms with E-state index in [1.54, 1.807) is 31.2 Å². The molecule has 1 fully saturated rings. The van der Waals surface area contributed by atoms with E-state index in [1.165, 1.54) is 40.3 Å². The Morgan fingerprint density at radius 1 is 1.13 bits per heavy atom. The normalized spacial score (nSPS) is 16.6. The zero-order chi connectivity index (χ0) is 22.6. The summed E-state index contributed by atoms with van der Waals surface area (Å²) in [5.74, 6) is -0.294. The lowest BCUT2D eigenvalue weighted by molar-refractivity contribution is -0.384. The van der Waals surface area contributed by atoms with Crippen LogP contribution in [0.4, 0.5) is 11.4 Å². The number of non-ortho nitro benzene ring substituents is 1. The van der Waals surface area contributed by atoms with E-state index in [0.717, 1.165) is 4.90 Å². The van der Waals surface area contributed by atoms with Gasteiger partial charge in [0, 0.05) is 48.9 Å². The number of rotatable bonds is 7. The first-order valence-corrected chi connectivity index (χ1v) is 12.0. The number of carbonyl (C=O) groups is 1. The number of nitrogens with zero attached hydrogens (tertiary/aromatic N) is 3. The van der Waals surface area contributed by atoms with Crippen LogP contribution in [0.2, 0.25) is 0 Å². The Labute approximate surface area is 185 Å². The molecule has 2 aromatic rings. The van der Waals surface area contributed by atoms with Crippen molar-refractivity contribution in [3.05, 3.63) is 58.6 Å². The number of thioether (sulfide) groups is 1. The summed E-state index contributed by atoms with van der Waals surface area (Å²) >= 11 is 1.26. The van der Waals surface area contributed by atoms with Crippen LogP contribution in [0, 0.1) is 10.1 Å². The van der Waals surface area contributed by atoms with Crippen LogP contribution < -0.4 is 5.32 Å². The standard InChI is InChI=1S/C20H24N4O5S2/c1-15(30-18-8-6-17(7-9-18)24(26)27)20(25)21-16-4-3-5-19(14-16)31(28,29)23-12-10-22(2)11-13-23/h3-9,14-15H,10-13H2,1-2H3,(H,21,25). The number of piperazine rings is 1. The second-order valence-corrected chi connectivity index (χ2v) is 10.6. The highest BCUT2D eigenvalue weighted by molar-refractivity contribution is 8.00. The van der Waals surface area contributed by atoms with Crippen LogP contribution in [-0.2, 0) is 14.8 Å². The van der Waals surface area contributed by atoms with E-state index in [4.69, 9.17) is 0 Å². The molecule has 0 saturated carbocycles. The van der Waals surface area contributed by atoms with Crippen LogP contribution in [0.5, 0.6) is 0 Å². The van der Waals surface area contributed by atoms with E-state index in [2.05, 4.69) is 10.2 Å². The highest BCUT2D eigenvalue weighted by atomic mass is 32.2. The molecule has 1 aliphatic heterocycles. The first-order chi connectivity index (χ1) is 14.7. The number of nitrogens with one attached hydrogen (secondary N) is 1. The third-order valence-corrected chi connectivity index (χ3v) is 7.94. The molecule has 9 nitrogen and oxygen atoms in total. The Morgan fingerprint density at radius 2 is 1.77 bits per heavy atom. The van der Waals surface area contributed by atoms with Gasteiger partial charge in [0.15, 0.2) is 0 Å². The van der Waals surface area contributed by atoms with Gasteiger partial charge in [-0.25, -0.2) is 8.42 Å². The molecule has 0 radical (unpaired) electrons. The Morgan fingerprint density at radius 3 is 2.39 bits per heavy atom. The van der Waals surface area contributed by atoms with Gasteiger partial charge in [-0.15, -0.1) is 11.8 Å². The monoisotopic (exact) mass is 464 g/mol. The van der Waals surface area contributed by atoms with Gasteiger partial charge in [-0.3, -0.25) is 14.9 Å². The maximum atomic E-state index is 12.9. The van der Waals surface area contributed by atoms with Gasteiger partial charge in [0.05, 0.1) is 15.1 Å². The maximum absolute atomic E-state index is 12.9. The topological polar surface area (TPSA) is 113 Å². The number of anilines is 1. The quantitative estimate of drug-likeness (QED) is 0.381. The van der Waals surface area contributed by atoms with E-state index in [9.17, 15) is 23.3 Å². The summed E-state index contributed by atoms with van der Waals surface area (Å²) in [5, 5.41) is 13.0. The maximum Gasteiger partial charge on any atom is 0.269 e. The number of hydrogen-bond acceptors (Lipinski definition) is 7. The molecule has 0 aromatic heterocycles. The summed E-state index contributed by atoms with van der Waals surface area (Å²) < 4.78 is 27.3. The molecule has 1 heterocycles. The molecule has 1 N–H and O–H groups in total. The number of carbonyl (C=O) groups excluding carboxylic acids is 1. The van der Waals surface area contributed by atoms with Crippen LogP contribution in [0.15, 0.2) is 58.3 Å². The summed E-state index contributed by atoms with van der Waals surface area (Å²) in [4.78, 5) is 25.8. The molecule has 1 saturated heterocycles. The third kappa shape index (κ3) is 5.82. The lowest BCUT2D eigenvalue weighted by Crippen LogP contribution is -2.47. The van der Waals surface area contributed by atoms with Crippen LogP contribution in [0.25, 0.3) is 0 Å². The number of amides is 1. The van der Waals surface area contributed by atoms with Crippen LogP contribution >= 0.6 is 11.8 Å². The number of nitro benzene ring substituents is 1. The number of nitro groups is 1. The van der Waals surface area contributed by atoms with Crippen molar-refractivity contribution in [1.82, 2.24) is 9.21 Å². The van der Waals surface area contributed by atoms with E-state index < -0.39 is 20.2 Å². The Hall–Kier alpha value is -2.47. The summed E-state index contributed by atoms with van der Waals surface area (Å²) in [6.07, 6.45) is 0. The molecule has 11 heteroatoms. The number of benzene rings is 2. The van der Waals surface area contributed by atoms with Crippen molar-refractivity contribution in [3.8, 4) is 0 Å². The average molecular weight is 465 g/mol. The molecule has 31 heavy (non-hydrogen) atoms. The van der Waals surface area contributed by atoms with Crippen molar-refractivity contribution in [2.75, 3.05) is 38.5 Å². The summed E-state index contributed by atoms with van der Waals surface area (Å²) in [7, 11) is -1.67. The Kier molecular flexibility index (Phi) is 7.31. The predicted molar refractivity (Wildman–Crippen MR) is 120 cm³/mol. The molecule has 166 valence electrons. The summed E-state index contributed by atoms with van der Waals surface area (Å²) in [6.45, 7) is 3.92. The van der Waals surface area contributed by atoms with Gasteiger partial charge in [-0.05, 0) is 44.3 Å². The second kappa shape index (κ2) is 9.77. The molecule has 1 unspecified atom stereocenters.